The zero-order valence-corrected chi connectivity index (χ0v) is 13.5. The number of rotatable bonds is 5. The lowest BCUT2D eigenvalue weighted by Crippen LogP contribution is -2.36. The third-order valence-electron chi connectivity index (χ3n) is 4.61. The summed E-state index contributed by atoms with van der Waals surface area (Å²) >= 11 is 0. The van der Waals surface area contributed by atoms with Crippen molar-refractivity contribution < 1.29 is 10.2 Å². The van der Waals surface area contributed by atoms with E-state index in [-0.39, 0.29) is 12.4 Å². The summed E-state index contributed by atoms with van der Waals surface area (Å²) < 4.78 is 2.13. The molecule has 6 nitrogen and oxygen atoms in total. The molecule has 1 fully saturated rings. The van der Waals surface area contributed by atoms with E-state index in [0.717, 1.165) is 31.6 Å². The highest BCUT2D eigenvalue weighted by Gasteiger charge is 2.22. The Morgan fingerprint density at radius 3 is 3.00 bits per heavy atom. The van der Waals surface area contributed by atoms with Crippen molar-refractivity contribution in [2.45, 2.75) is 39.5 Å². The fourth-order valence-corrected chi connectivity index (χ4v) is 3.36. The van der Waals surface area contributed by atoms with Gasteiger partial charge in [0.25, 0.3) is 0 Å². The van der Waals surface area contributed by atoms with Crippen LogP contribution in [0.3, 0.4) is 0 Å². The predicted molar refractivity (Wildman–Crippen MR) is 86.8 cm³/mol. The van der Waals surface area contributed by atoms with Gasteiger partial charge in [-0.2, -0.15) is 0 Å². The number of nitrogens with zero attached hydrogens (tertiary/aromatic N) is 4. The zero-order valence-electron chi connectivity index (χ0n) is 13.5. The molecular formula is C17H24N4O2. The summed E-state index contributed by atoms with van der Waals surface area (Å²) in [5.41, 5.74) is 2.14. The van der Waals surface area contributed by atoms with Crippen molar-refractivity contribution in [3.63, 3.8) is 0 Å². The van der Waals surface area contributed by atoms with Crippen molar-refractivity contribution in [3.8, 4) is 5.75 Å². The smallest absolute Gasteiger partial charge is 0.141 e. The predicted octanol–water partition coefficient (Wildman–Crippen LogP) is 1.70. The Balaban J connectivity index is 1.69. The van der Waals surface area contributed by atoms with Crippen LogP contribution in [0.15, 0.2) is 24.9 Å². The van der Waals surface area contributed by atoms with Crippen LogP contribution < -0.4 is 0 Å². The molecule has 0 bridgehead atoms. The Labute approximate surface area is 136 Å². The maximum absolute atomic E-state index is 10.3. The molecular weight excluding hydrogens is 292 g/mol. The average Bonchev–Trinajstić information content (AvgIpc) is 3.05. The molecule has 3 rings (SSSR count). The van der Waals surface area contributed by atoms with Gasteiger partial charge >= 0.3 is 0 Å². The molecule has 0 saturated carbocycles. The molecule has 3 heterocycles. The molecule has 23 heavy (non-hydrogen) atoms. The Morgan fingerprint density at radius 1 is 1.39 bits per heavy atom. The second-order valence-electron chi connectivity index (χ2n) is 6.36. The molecule has 2 aromatic heterocycles. The Bertz CT molecular complexity index is 642. The number of piperidine rings is 1. The van der Waals surface area contributed by atoms with E-state index in [1.807, 2.05) is 18.7 Å². The van der Waals surface area contributed by atoms with E-state index in [2.05, 4.69) is 19.4 Å². The summed E-state index contributed by atoms with van der Waals surface area (Å²) in [5, 5.41) is 19.8. The zero-order chi connectivity index (χ0) is 16.2. The number of aliphatic hydroxyl groups excluding tert-OH is 1. The van der Waals surface area contributed by atoms with Crippen LogP contribution in [0.4, 0.5) is 0 Å². The number of aromatic hydroxyl groups is 1. The summed E-state index contributed by atoms with van der Waals surface area (Å²) in [6.07, 6.45) is 9.70. The van der Waals surface area contributed by atoms with Crippen molar-refractivity contribution >= 4 is 0 Å². The molecule has 2 aromatic rings. The number of likely N-dealkylation sites (tertiary alicyclic amines) is 1. The molecule has 124 valence electrons. The lowest BCUT2D eigenvalue weighted by molar-refractivity contribution is 0.153. The third kappa shape index (κ3) is 3.71. The monoisotopic (exact) mass is 316 g/mol. The fourth-order valence-electron chi connectivity index (χ4n) is 3.36. The lowest BCUT2D eigenvalue weighted by Gasteiger charge is -2.33. The summed E-state index contributed by atoms with van der Waals surface area (Å²) in [5.74, 6) is 0.800. The lowest BCUT2D eigenvalue weighted by atomic mass is 9.97. The van der Waals surface area contributed by atoms with E-state index < -0.39 is 0 Å². The minimum Gasteiger partial charge on any atom is -0.506 e. The number of aromatic nitrogens is 3. The molecule has 1 atom stereocenters. The quantitative estimate of drug-likeness (QED) is 0.878. The number of imidazole rings is 1. The molecule has 1 unspecified atom stereocenters. The minimum atomic E-state index is -0.0948. The van der Waals surface area contributed by atoms with E-state index in [4.69, 9.17) is 0 Å². The highest BCUT2D eigenvalue weighted by atomic mass is 16.3. The van der Waals surface area contributed by atoms with Gasteiger partial charge in [-0.1, -0.05) is 0 Å². The maximum Gasteiger partial charge on any atom is 0.141 e. The fraction of sp³-hybridized carbons (Fsp3) is 0.529. The van der Waals surface area contributed by atoms with Gasteiger partial charge in [-0.15, -0.1) is 0 Å². The SMILES string of the molecule is Cc1ncc(CO)c(CN2CCCC(Cn3ccnc3)C2)c1O. The van der Waals surface area contributed by atoms with Crippen molar-refractivity contribution in [1.29, 1.82) is 0 Å². The first kappa shape index (κ1) is 16.0. The van der Waals surface area contributed by atoms with Crippen molar-refractivity contribution in [2.24, 2.45) is 5.92 Å². The minimum absolute atomic E-state index is 0.0948. The first-order valence-electron chi connectivity index (χ1n) is 8.12. The van der Waals surface area contributed by atoms with Crippen LogP contribution in [-0.2, 0) is 19.7 Å². The van der Waals surface area contributed by atoms with Crippen LogP contribution >= 0.6 is 0 Å². The van der Waals surface area contributed by atoms with Crippen molar-refractivity contribution in [2.75, 3.05) is 13.1 Å². The van der Waals surface area contributed by atoms with E-state index in [1.165, 1.54) is 6.42 Å². The number of hydrogen-bond acceptors (Lipinski definition) is 5. The Hall–Kier alpha value is -1.92. The summed E-state index contributed by atoms with van der Waals surface area (Å²) in [4.78, 5) is 10.6. The van der Waals surface area contributed by atoms with Crippen LogP contribution in [0, 0.1) is 12.8 Å². The molecule has 6 heteroatoms. The normalized spacial score (nSPS) is 19.1. The van der Waals surface area contributed by atoms with Crippen LogP contribution in [0.2, 0.25) is 0 Å². The van der Waals surface area contributed by atoms with Gasteiger partial charge in [-0.25, -0.2) is 4.98 Å². The first-order valence-corrected chi connectivity index (χ1v) is 8.12. The van der Waals surface area contributed by atoms with Gasteiger partial charge < -0.3 is 14.8 Å². The summed E-state index contributed by atoms with van der Waals surface area (Å²) in [6.45, 7) is 5.34. The second-order valence-corrected chi connectivity index (χ2v) is 6.36. The number of aryl methyl sites for hydroxylation is 1. The van der Waals surface area contributed by atoms with Gasteiger partial charge in [0.15, 0.2) is 0 Å². The third-order valence-corrected chi connectivity index (χ3v) is 4.61. The average molecular weight is 316 g/mol. The molecule has 1 aliphatic rings. The molecule has 0 amide bonds. The molecule has 0 aliphatic carbocycles. The standard InChI is InChI=1S/C17H24N4O2/c1-13-17(23)16(15(11-22)7-19-13)10-20-5-2-3-14(8-20)9-21-6-4-18-12-21/h4,6-7,12,14,22-23H,2-3,5,8-11H2,1H3. The molecule has 0 spiro atoms. The molecule has 1 aliphatic heterocycles. The van der Waals surface area contributed by atoms with Gasteiger partial charge in [0.1, 0.15) is 5.75 Å². The van der Waals surface area contributed by atoms with E-state index in [9.17, 15) is 10.2 Å². The maximum atomic E-state index is 10.3. The van der Waals surface area contributed by atoms with E-state index >= 15 is 0 Å². The largest absolute Gasteiger partial charge is 0.506 e. The number of pyridine rings is 1. The summed E-state index contributed by atoms with van der Waals surface area (Å²) in [6, 6.07) is 0. The number of aliphatic hydroxyl groups is 1. The molecule has 0 radical (unpaired) electrons. The molecule has 2 N–H and O–H groups in total. The van der Waals surface area contributed by atoms with Gasteiger partial charge in [0, 0.05) is 49.4 Å². The van der Waals surface area contributed by atoms with Gasteiger partial charge in [0.05, 0.1) is 18.6 Å². The number of hydrogen-bond donors (Lipinski definition) is 2. The highest BCUT2D eigenvalue weighted by molar-refractivity contribution is 5.40. The topological polar surface area (TPSA) is 74.4 Å². The van der Waals surface area contributed by atoms with Crippen LogP contribution in [0.25, 0.3) is 0 Å². The van der Waals surface area contributed by atoms with Gasteiger partial charge in [-0.3, -0.25) is 9.88 Å². The van der Waals surface area contributed by atoms with E-state index in [0.29, 0.717) is 23.7 Å². The summed E-state index contributed by atoms with van der Waals surface area (Å²) in [7, 11) is 0. The first-order chi connectivity index (χ1) is 11.2. The van der Waals surface area contributed by atoms with Crippen LogP contribution in [0.1, 0.15) is 29.7 Å². The molecule has 0 aromatic carbocycles. The van der Waals surface area contributed by atoms with Crippen LogP contribution in [0.5, 0.6) is 5.75 Å². The Morgan fingerprint density at radius 2 is 2.26 bits per heavy atom. The van der Waals surface area contributed by atoms with Crippen molar-refractivity contribution in [1.82, 2.24) is 19.4 Å². The highest BCUT2D eigenvalue weighted by Crippen LogP contribution is 2.27. The molecule has 1 saturated heterocycles. The van der Waals surface area contributed by atoms with E-state index in [1.54, 1.807) is 13.1 Å². The van der Waals surface area contributed by atoms with Gasteiger partial charge in [-0.05, 0) is 32.2 Å². The van der Waals surface area contributed by atoms with Crippen molar-refractivity contribution in [3.05, 3.63) is 41.7 Å². The van der Waals surface area contributed by atoms with Gasteiger partial charge in [0.2, 0.25) is 0 Å². The van der Waals surface area contributed by atoms with Crippen LogP contribution in [-0.4, -0.2) is 42.7 Å². The Kier molecular flexibility index (Phi) is 4.93. The second kappa shape index (κ2) is 7.10.